The molecule has 1 aromatic heterocycles. The standard InChI is InChI=1S/C22H22FN3O/c1-15-9-16(2)11-19(10-15)26-22(27)18-12-20(14-24-13-18)25-8-7-17-5-3-4-6-21(17)23/h3-6,9-14,25H,7-8H2,1-2H3,(H,26,27). The first kappa shape index (κ1) is 18.6. The molecule has 2 N–H and O–H groups in total. The van der Waals surface area contributed by atoms with Crippen molar-refractivity contribution in [3.05, 3.63) is 89.0 Å². The van der Waals surface area contributed by atoms with Gasteiger partial charge in [0.2, 0.25) is 0 Å². The SMILES string of the molecule is Cc1cc(C)cc(NC(=O)c2cncc(NCCc3ccccc3F)c2)c1. The van der Waals surface area contributed by atoms with Gasteiger partial charge in [0.15, 0.2) is 0 Å². The number of benzene rings is 2. The second-order valence-corrected chi connectivity index (χ2v) is 6.56. The fraction of sp³-hybridized carbons (Fsp3) is 0.182. The molecule has 0 saturated heterocycles. The Morgan fingerprint density at radius 3 is 2.48 bits per heavy atom. The summed E-state index contributed by atoms with van der Waals surface area (Å²) in [5.74, 6) is -0.427. The zero-order chi connectivity index (χ0) is 19.2. The van der Waals surface area contributed by atoms with E-state index in [1.165, 1.54) is 12.3 Å². The topological polar surface area (TPSA) is 54.0 Å². The Balaban J connectivity index is 1.62. The molecule has 0 aliphatic carbocycles. The first-order chi connectivity index (χ1) is 13.0. The highest BCUT2D eigenvalue weighted by Gasteiger charge is 2.08. The molecule has 1 amide bonds. The molecule has 0 radical (unpaired) electrons. The smallest absolute Gasteiger partial charge is 0.257 e. The van der Waals surface area contributed by atoms with Crippen molar-refractivity contribution in [1.82, 2.24) is 4.98 Å². The van der Waals surface area contributed by atoms with E-state index < -0.39 is 0 Å². The number of amides is 1. The van der Waals surface area contributed by atoms with Crippen LogP contribution in [0.3, 0.4) is 0 Å². The highest BCUT2D eigenvalue weighted by Crippen LogP contribution is 2.16. The third-order valence-corrected chi connectivity index (χ3v) is 4.16. The summed E-state index contributed by atoms with van der Waals surface area (Å²) in [7, 11) is 0. The number of hydrogen-bond acceptors (Lipinski definition) is 3. The van der Waals surface area contributed by atoms with Crippen LogP contribution in [-0.2, 0) is 6.42 Å². The van der Waals surface area contributed by atoms with Crippen molar-refractivity contribution in [3.8, 4) is 0 Å². The fourth-order valence-electron chi connectivity index (χ4n) is 2.95. The normalized spacial score (nSPS) is 10.5. The van der Waals surface area contributed by atoms with Crippen LogP contribution >= 0.6 is 0 Å². The van der Waals surface area contributed by atoms with Gasteiger partial charge in [-0.25, -0.2) is 4.39 Å². The van der Waals surface area contributed by atoms with E-state index in [1.807, 2.05) is 32.0 Å². The van der Waals surface area contributed by atoms with Crippen molar-refractivity contribution in [3.63, 3.8) is 0 Å². The number of anilines is 2. The lowest BCUT2D eigenvalue weighted by molar-refractivity contribution is 0.102. The van der Waals surface area contributed by atoms with E-state index in [0.717, 1.165) is 22.5 Å². The number of carbonyl (C=O) groups is 1. The number of aryl methyl sites for hydroxylation is 2. The van der Waals surface area contributed by atoms with Crippen molar-refractivity contribution in [2.45, 2.75) is 20.3 Å². The van der Waals surface area contributed by atoms with E-state index in [9.17, 15) is 9.18 Å². The number of rotatable bonds is 6. The molecule has 3 rings (SSSR count). The summed E-state index contributed by atoms with van der Waals surface area (Å²) in [6, 6.07) is 14.4. The third kappa shape index (κ3) is 5.14. The molecule has 2 aromatic carbocycles. The number of aromatic nitrogens is 1. The van der Waals surface area contributed by atoms with E-state index in [4.69, 9.17) is 0 Å². The van der Waals surface area contributed by atoms with Gasteiger partial charge in [-0.1, -0.05) is 24.3 Å². The van der Waals surface area contributed by atoms with E-state index in [2.05, 4.69) is 21.7 Å². The molecule has 0 fully saturated rings. The molecule has 138 valence electrons. The summed E-state index contributed by atoms with van der Waals surface area (Å²) in [5.41, 5.74) is 4.78. The van der Waals surface area contributed by atoms with Crippen LogP contribution in [0.5, 0.6) is 0 Å². The third-order valence-electron chi connectivity index (χ3n) is 4.16. The zero-order valence-corrected chi connectivity index (χ0v) is 15.4. The maximum atomic E-state index is 13.7. The summed E-state index contributed by atoms with van der Waals surface area (Å²) < 4.78 is 13.7. The van der Waals surface area contributed by atoms with Crippen LogP contribution in [0.1, 0.15) is 27.0 Å². The number of halogens is 1. The van der Waals surface area contributed by atoms with Crippen molar-refractivity contribution in [1.29, 1.82) is 0 Å². The molecular formula is C22H22FN3O. The number of carbonyl (C=O) groups excluding carboxylic acids is 1. The van der Waals surface area contributed by atoms with Gasteiger partial charge < -0.3 is 10.6 Å². The number of nitrogens with zero attached hydrogens (tertiary/aromatic N) is 1. The largest absolute Gasteiger partial charge is 0.383 e. The van der Waals surface area contributed by atoms with Crippen LogP contribution in [0.2, 0.25) is 0 Å². The van der Waals surface area contributed by atoms with Crippen molar-refractivity contribution >= 4 is 17.3 Å². The molecule has 1 heterocycles. The van der Waals surface area contributed by atoms with Gasteiger partial charge in [0.25, 0.3) is 5.91 Å². The van der Waals surface area contributed by atoms with Crippen molar-refractivity contribution in [2.75, 3.05) is 17.2 Å². The van der Waals surface area contributed by atoms with Gasteiger partial charge in [-0.05, 0) is 61.2 Å². The average Bonchev–Trinajstić information content (AvgIpc) is 2.63. The molecule has 3 aromatic rings. The van der Waals surface area contributed by atoms with Crippen LogP contribution in [0.25, 0.3) is 0 Å². The molecule has 5 heteroatoms. The number of pyridine rings is 1. The molecule has 0 unspecified atom stereocenters. The predicted octanol–water partition coefficient (Wildman–Crippen LogP) is 4.74. The zero-order valence-electron chi connectivity index (χ0n) is 15.4. The van der Waals surface area contributed by atoms with Gasteiger partial charge >= 0.3 is 0 Å². The van der Waals surface area contributed by atoms with Crippen LogP contribution in [0.4, 0.5) is 15.8 Å². The second-order valence-electron chi connectivity index (χ2n) is 6.56. The Labute approximate surface area is 158 Å². The van der Waals surface area contributed by atoms with E-state index >= 15 is 0 Å². The van der Waals surface area contributed by atoms with Crippen LogP contribution in [-0.4, -0.2) is 17.4 Å². The predicted molar refractivity (Wildman–Crippen MR) is 107 cm³/mol. The Bertz CT molecular complexity index is 936. The molecule has 0 atom stereocenters. The first-order valence-corrected chi connectivity index (χ1v) is 8.83. The summed E-state index contributed by atoms with van der Waals surface area (Å²) in [6.45, 7) is 4.53. The van der Waals surface area contributed by atoms with Gasteiger partial charge in [-0.3, -0.25) is 9.78 Å². The minimum Gasteiger partial charge on any atom is -0.383 e. The average molecular weight is 363 g/mol. The highest BCUT2D eigenvalue weighted by atomic mass is 19.1. The fourth-order valence-corrected chi connectivity index (χ4v) is 2.95. The van der Waals surface area contributed by atoms with Gasteiger partial charge in [0.1, 0.15) is 5.82 Å². The molecule has 0 bridgehead atoms. The molecule has 27 heavy (non-hydrogen) atoms. The van der Waals surface area contributed by atoms with Crippen LogP contribution in [0, 0.1) is 19.7 Å². The van der Waals surface area contributed by atoms with E-state index in [0.29, 0.717) is 24.1 Å². The van der Waals surface area contributed by atoms with Gasteiger partial charge in [0.05, 0.1) is 11.3 Å². The van der Waals surface area contributed by atoms with E-state index in [1.54, 1.807) is 24.4 Å². The molecular weight excluding hydrogens is 341 g/mol. The number of hydrogen-bond donors (Lipinski definition) is 2. The first-order valence-electron chi connectivity index (χ1n) is 8.83. The minimum absolute atomic E-state index is 0.209. The quantitative estimate of drug-likeness (QED) is 0.665. The second kappa shape index (κ2) is 8.45. The van der Waals surface area contributed by atoms with Crippen molar-refractivity contribution < 1.29 is 9.18 Å². The molecule has 4 nitrogen and oxygen atoms in total. The Kier molecular flexibility index (Phi) is 5.81. The Morgan fingerprint density at radius 1 is 1.00 bits per heavy atom. The summed E-state index contributed by atoms with van der Waals surface area (Å²) in [4.78, 5) is 16.6. The summed E-state index contributed by atoms with van der Waals surface area (Å²) >= 11 is 0. The lowest BCUT2D eigenvalue weighted by Crippen LogP contribution is -2.13. The van der Waals surface area contributed by atoms with Gasteiger partial charge in [-0.2, -0.15) is 0 Å². The van der Waals surface area contributed by atoms with Gasteiger partial charge in [-0.15, -0.1) is 0 Å². The monoisotopic (exact) mass is 363 g/mol. The molecule has 0 spiro atoms. The van der Waals surface area contributed by atoms with Crippen molar-refractivity contribution in [2.24, 2.45) is 0 Å². The Hall–Kier alpha value is -3.21. The molecule has 0 saturated carbocycles. The van der Waals surface area contributed by atoms with Gasteiger partial charge in [0, 0.05) is 24.6 Å². The summed E-state index contributed by atoms with van der Waals surface area (Å²) in [5, 5.41) is 6.09. The minimum atomic E-state index is -0.217. The maximum Gasteiger partial charge on any atom is 0.257 e. The Morgan fingerprint density at radius 2 is 1.74 bits per heavy atom. The van der Waals surface area contributed by atoms with E-state index in [-0.39, 0.29) is 11.7 Å². The highest BCUT2D eigenvalue weighted by molar-refractivity contribution is 6.04. The maximum absolute atomic E-state index is 13.7. The lowest BCUT2D eigenvalue weighted by Gasteiger charge is -2.10. The van der Waals surface area contributed by atoms with Crippen LogP contribution < -0.4 is 10.6 Å². The summed E-state index contributed by atoms with van der Waals surface area (Å²) in [6.07, 6.45) is 3.72. The molecule has 0 aliphatic heterocycles. The lowest BCUT2D eigenvalue weighted by atomic mass is 10.1. The number of nitrogens with one attached hydrogen (secondary N) is 2. The van der Waals surface area contributed by atoms with Crippen LogP contribution in [0.15, 0.2) is 60.9 Å². The molecule has 0 aliphatic rings.